The summed E-state index contributed by atoms with van der Waals surface area (Å²) in [7, 11) is 3.03. The van der Waals surface area contributed by atoms with Gasteiger partial charge in [0, 0.05) is 14.2 Å². The molecule has 13 heavy (non-hydrogen) atoms. The lowest BCUT2D eigenvalue weighted by molar-refractivity contribution is 0.399. The molecule has 1 aromatic carbocycles. The maximum absolute atomic E-state index is 7.00. The van der Waals surface area contributed by atoms with Gasteiger partial charge in [0.25, 0.3) is 0 Å². The van der Waals surface area contributed by atoms with Crippen molar-refractivity contribution in [2.24, 2.45) is 7.05 Å². The first kappa shape index (κ1) is 9.74. The summed E-state index contributed by atoms with van der Waals surface area (Å²) < 4.78 is 2.09. The Labute approximate surface area is 77.6 Å². The van der Waals surface area contributed by atoms with Crippen LogP contribution in [0.2, 0.25) is 0 Å². The van der Waals surface area contributed by atoms with Crippen LogP contribution in [-0.4, -0.2) is 21.8 Å². The lowest BCUT2D eigenvalue weighted by atomic mass is 10.3. The number of aromatic nitrogens is 2. The van der Waals surface area contributed by atoms with Crippen LogP contribution >= 0.6 is 0 Å². The molecule has 1 N–H and O–H groups in total. The summed E-state index contributed by atoms with van der Waals surface area (Å²) in [6.07, 6.45) is 0. The Balaban J connectivity index is 0.000000396. The summed E-state index contributed by atoms with van der Waals surface area (Å²) in [4.78, 5) is 4.38. The Morgan fingerprint density at radius 1 is 1.23 bits per heavy atom. The second kappa shape index (κ2) is 4.05. The summed E-state index contributed by atoms with van der Waals surface area (Å²) in [5.41, 5.74) is 2.28. The standard InChI is InChI=1S/C9H10N2.CH4O/c1-7-10-8-5-3-4-6-9(8)11(7)2;1-2/h3-6H,1-2H3;2H,1H3. The zero-order chi connectivity index (χ0) is 9.84. The molecule has 0 aliphatic carbocycles. The molecule has 0 aliphatic heterocycles. The number of para-hydroxylation sites is 2. The Kier molecular flexibility index (Phi) is 3.03. The molecule has 1 heterocycles. The Hall–Kier alpha value is -1.35. The van der Waals surface area contributed by atoms with Gasteiger partial charge in [-0.25, -0.2) is 4.98 Å². The largest absolute Gasteiger partial charge is 0.400 e. The summed E-state index contributed by atoms with van der Waals surface area (Å²) in [5.74, 6) is 1.06. The van der Waals surface area contributed by atoms with Crippen LogP contribution in [-0.2, 0) is 7.05 Å². The minimum atomic E-state index is 1.00. The summed E-state index contributed by atoms with van der Waals surface area (Å²) in [6.45, 7) is 2.01. The van der Waals surface area contributed by atoms with Gasteiger partial charge < -0.3 is 9.67 Å². The molecule has 0 unspecified atom stereocenters. The maximum atomic E-state index is 7.00. The van der Waals surface area contributed by atoms with Gasteiger partial charge in [0.15, 0.2) is 0 Å². The first-order valence-corrected chi connectivity index (χ1v) is 4.12. The van der Waals surface area contributed by atoms with Crippen molar-refractivity contribution in [1.29, 1.82) is 0 Å². The van der Waals surface area contributed by atoms with Crippen molar-refractivity contribution in [3.8, 4) is 0 Å². The van der Waals surface area contributed by atoms with Crippen molar-refractivity contribution in [3.05, 3.63) is 30.1 Å². The van der Waals surface area contributed by atoms with Gasteiger partial charge in [0.2, 0.25) is 0 Å². The van der Waals surface area contributed by atoms with Gasteiger partial charge in [-0.05, 0) is 19.1 Å². The predicted molar refractivity (Wildman–Crippen MR) is 53.6 cm³/mol. The SMILES string of the molecule is CO.Cc1nc2ccccc2n1C. The van der Waals surface area contributed by atoms with E-state index in [-0.39, 0.29) is 0 Å². The third kappa shape index (κ3) is 1.70. The number of hydrogen-bond acceptors (Lipinski definition) is 2. The van der Waals surface area contributed by atoms with Crippen molar-refractivity contribution < 1.29 is 5.11 Å². The van der Waals surface area contributed by atoms with E-state index >= 15 is 0 Å². The summed E-state index contributed by atoms with van der Waals surface area (Å²) in [5, 5.41) is 7.00. The maximum Gasteiger partial charge on any atom is 0.106 e. The number of aliphatic hydroxyl groups is 1. The zero-order valence-corrected chi connectivity index (χ0v) is 8.15. The predicted octanol–water partition coefficient (Wildman–Crippen LogP) is 1.49. The van der Waals surface area contributed by atoms with Gasteiger partial charge in [-0.3, -0.25) is 0 Å². The number of aliphatic hydroxyl groups excluding tert-OH is 1. The molecule has 0 radical (unpaired) electrons. The Morgan fingerprint density at radius 2 is 1.85 bits per heavy atom. The molecule has 70 valence electrons. The normalized spacial score (nSPS) is 9.54. The third-order valence-corrected chi connectivity index (χ3v) is 2.01. The van der Waals surface area contributed by atoms with E-state index < -0.39 is 0 Å². The molecule has 0 amide bonds. The van der Waals surface area contributed by atoms with Gasteiger partial charge in [0.1, 0.15) is 5.82 Å². The Morgan fingerprint density at radius 3 is 2.46 bits per heavy atom. The molecule has 0 atom stereocenters. The van der Waals surface area contributed by atoms with Crippen molar-refractivity contribution in [2.45, 2.75) is 6.92 Å². The van der Waals surface area contributed by atoms with Gasteiger partial charge in [0.05, 0.1) is 11.0 Å². The van der Waals surface area contributed by atoms with Crippen LogP contribution in [0.3, 0.4) is 0 Å². The molecule has 0 bridgehead atoms. The zero-order valence-electron chi connectivity index (χ0n) is 8.15. The van der Waals surface area contributed by atoms with E-state index in [0.717, 1.165) is 18.5 Å². The van der Waals surface area contributed by atoms with Crippen LogP contribution in [0.25, 0.3) is 11.0 Å². The lowest BCUT2D eigenvalue weighted by Crippen LogP contribution is -1.89. The quantitative estimate of drug-likeness (QED) is 0.663. The second-order valence-corrected chi connectivity index (χ2v) is 2.71. The third-order valence-electron chi connectivity index (χ3n) is 2.01. The first-order chi connectivity index (χ1) is 6.29. The van der Waals surface area contributed by atoms with Crippen LogP contribution in [0.1, 0.15) is 5.82 Å². The average molecular weight is 178 g/mol. The molecular formula is C10H14N2O. The van der Waals surface area contributed by atoms with E-state index in [1.807, 2.05) is 32.2 Å². The smallest absolute Gasteiger partial charge is 0.106 e. The highest BCUT2D eigenvalue weighted by atomic mass is 16.2. The van der Waals surface area contributed by atoms with Crippen LogP contribution in [0, 0.1) is 6.92 Å². The fourth-order valence-corrected chi connectivity index (χ4v) is 1.27. The lowest BCUT2D eigenvalue weighted by Gasteiger charge is -1.93. The van der Waals surface area contributed by atoms with E-state index in [9.17, 15) is 0 Å². The molecular weight excluding hydrogens is 164 g/mol. The molecule has 1 aromatic heterocycles. The van der Waals surface area contributed by atoms with Crippen LogP contribution in [0.4, 0.5) is 0 Å². The fraction of sp³-hybridized carbons (Fsp3) is 0.300. The number of imidazole rings is 1. The van der Waals surface area contributed by atoms with Crippen molar-refractivity contribution in [3.63, 3.8) is 0 Å². The van der Waals surface area contributed by atoms with E-state index in [0.29, 0.717) is 0 Å². The van der Waals surface area contributed by atoms with Crippen molar-refractivity contribution in [2.75, 3.05) is 7.11 Å². The minimum absolute atomic E-state index is 1.00. The number of benzene rings is 1. The van der Waals surface area contributed by atoms with Crippen LogP contribution in [0.5, 0.6) is 0 Å². The highest BCUT2D eigenvalue weighted by Gasteiger charge is 2.00. The van der Waals surface area contributed by atoms with Crippen LogP contribution < -0.4 is 0 Å². The molecule has 0 aliphatic rings. The van der Waals surface area contributed by atoms with Crippen molar-refractivity contribution >= 4 is 11.0 Å². The summed E-state index contributed by atoms with van der Waals surface area (Å²) in [6, 6.07) is 8.15. The summed E-state index contributed by atoms with van der Waals surface area (Å²) >= 11 is 0. The molecule has 3 heteroatoms. The number of aryl methyl sites for hydroxylation is 2. The first-order valence-electron chi connectivity index (χ1n) is 4.12. The van der Waals surface area contributed by atoms with Gasteiger partial charge in [-0.1, -0.05) is 12.1 Å². The van der Waals surface area contributed by atoms with Crippen LogP contribution in [0.15, 0.2) is 24.3 Å². The monoisotopic (exact) mass is 178 g/mol. The molecule has 2 rings (SSSR count). The second-order valence-electron chi connectivity index (χ2n) is 2.71. The molecule has 0 saturated heterocycles. The number of nitrogens with zero attached hydrogens (tertiary/aromatic N) is 2. The fourth-order valence-electron chi connectivity index (χ4n) is 1.27. The Bertz CT molecular complexity index is 393. The number of fused-ring (bicyclic) bond motifs is 1. The minimum Gasteiger partial charge on any atom is -0.400 e. The molecule has 0 fully saturated rings. The number of rotatable bonds is 0. The molecule has 2 aromatic rings. The van der Waals surface area contributed by atoms with E-state index in [1.54, 1.807) is 0 Å². The van der Waals surface area contributed by atoms with E-state index in [4.69, 9.17) is 5.11 Å². The molecule has 3 nitrogen and oxygen atoms in total. The average Bonchev–Trinajstić information content (AvgIpc) is 2.47. The van der Waals surface area contributed by atoms with Gasteiger partial charge >= 0.3 is 0 Å². The molecule has 0 saturated carbocycles. The highest BCUT2D eigenvalue weighted by molar-refractivity contribution is 5.75. The van der Waals surface area contributed by atoms with Gasteiger partial charge in [-0.2, -0.15) is 0 Å². The topological polar surface area (TPSA) is 38.1 Å². The van der Waals surface area contributed by atoms with E-state index in [2.05, 4.69) is 15.6 Å². The van der Waals surface area contributed by atoms with Gasteiger partial charge in [-0.15, -0.1) is 0 Å². The molecule has 0 spiro atoms. The highest BCUT2D eigenvalue weighted by Crippen LogP contribution is 2.12. The number of hydrogen-bond donors (Lipinski definition) is 1. The van der Waals surface area contributed by atoms with Crippen molar-refractivity contribution in [1.82, 2.24) is 9.55 Å². The van der Waals surface area contributed by atoms with E-state index in [1.165, 1.54) is 5.52 Å².